The summed E-state index contributed by atoms with van der Waals surface area (Å²) in [7, 11) is 0. The standard InChI is InChI=1S/C23H23FN2O2S/c24-18-10-11-20-19(14-18)23(22(28)25(20)15-16-6-2-1-3-7-16)26(12-13-29-23)21(27)17-8-4-5-9-17/h1-3,6-7,10-11,14,17H,4-5,8-9,12-13,15H2. The SMILES string of the molecule is O=C(C1CCCC1)N1CCSC12C(=O)N(Cc1ccccc1)c1ccc(F)cc12. The molecule has 1 unspecified atom stereocenters. The molecule has 1 atom stereocenters. The van der Waals surface area contributed by atoms with E-state index >= 15 is 0 Å². The van der Waals surface area contributed by atoms with E-state index in [4.69, 9.17) is 0 Å². The van der Waals surface area contributed by atoms with Gasteiger partial charge in [-0.15, -0.1) is 11.8 Å². The number of nitrogens with zero attached hydrogens (tertiary/aromatic N) is 2. The van der Waals surface area contributed by atoms with E-state index in [-0.39, 0.29) is 23.5 Å². The zero-order valence-corrected chi connectivity index (χ0v) is 17.0. The lowest BCUT2D eigenvalue weighted by Crippen LogP contribution is -2.51. The first-order valence-electron chi connectivity index (χ1n) is 10.2. The molecule has 2 amide bonds. The Hall–Kier alpha value is -2.34. The normalized spacial score (nSPS) is 24.0. The summed E-state index contributed by atoms with van der Waals surface area (Å²) in [6.07, 6.45) is 3.88. The van der Waals surface area contributed by atoms with Gasteiger partial charge in [0.2, 0.25) is 5.91 Å². The number of anilines is 1. The van der Waals surface area contributed by atoms with E-state index in [1.54, 1.807) is 15.9 Å². The molecule has 6 heteroatoms. The molecule has 1 saturated carbocycles. The average Bonchev–Trinajstić information content (AvgIpc) is 3.46. The van der Waals surface area contributed by atoms with Gasteiger partial charge in [0.25, 0.3) is 5.91 Å². The molecule has 150 valence electrons. The predicted octanol–water partition coefficient (Wildman–Crippen LogP) is 4.29. The lowest BCUT2D eigenvalue weighted by atomic mass is 10.0. The van der Waals surface area contributed by atoms with E-state index in [2.05, 4.69) is 0 Å². The fourth-order valence-electron chi connectivity index (χ4n) is 4.92. The third kappa shape index (κ3) is 2.88. The molecule has 1 saturated heterocycles. The third-order valence-corrected chi connectivity index (χ3v) is 7.73. The minimum absolute atomic E-state index is 0.0152. The summed E-state index contributed by atoms with van der Waals surface area (Å²) in [6.45, 7) is 0.937. The zero-order chi connectivity index (χ0) is 20.0. The van der Waals surface area contributed by atoms with Crippen LogP contribution >= 0.6 is 11.8 Å². The van der Waals surface area contributed by atoms with Gasteiger partial charge in [0.15, 0.2) is 4.87 Å². The number of carbonyl (C=O) groups is 2. The average molecular weight is 411 g/mol. The van der Waals surface area contributed by atoms with E-state index in [0.717, 1.165) is 31.2 Å². The quantitative estimate of drug-likeness (QED) is 0.758. The molecule has 0 aromatic heterocycles. The van der Waals surface area contributed by atoms with Crippen LogP contribution in [0.4, 0.5) is 10.1 Å². The molecular weight excluding hydrogens is 387 g/mol. The van der Waals surface area contributed by atoms with Crippen LogP contribution in [0.1, 0.15) is 36.8 Å². The van der Waals surface area contributed by atoms with Gasteiger partial charge in [-0.2, -0.15) is 0 Å². The van der Waals surface area contributed by atoms with Crippen molar-refractivity contribution in [2.24, 2.45) is 5.92 Å². The number of hydrogen-bond donors (Lipinski definition) is 0. The summed E-state index contributed by atoms with van der Waals surface area (Å²) in [5.74, 6) is 0.213. The van der Waals surface area contributed by atoms with Gasteiger partial charge in [-0.3, -0.25) is 9.59 Å². The molecule has 29 heavy (non-hydrogen) atoms. The highest BCUT2D eigenvalue weighted by Gasteiger charge is 2.60. The third-order valence-electron chi connectivity index (χ3n) is 6.31. The zero-order valence-electron chi connectivity index (χ0n) is 16.1. The van der Waals surface area contributed by atoms with Crippen molar-refractivity contribution in [3.63, 3.8) is 0 Å². The number of halogens is 1. The number of amides is 2. The van der Waals surface area contributed by atoms with Crippen molar-refractivity contribution in [2.75, 3.05) is 17.2 Å². The van der Waals surface area contributed by atoms with Crippen LogP contribution in [-0.4, -0.2) is 29.0 Å². The highest BCUT2D eigenvalue weighted by atomic mass is 32.2. The number of fused-ring (bicyclic) bond motifs is 2. The van der Waals surface area contributed by atoms with Crippen LogP contribution in [0.25, 0.3) is 0 Å². The van der Waals surface area contributed by atoms with Crippen LogP contribution in [0.3, 0.4) is 0 Å². The van der Waals surface area contributed by atoms with Crippen LogP contribution in [0, 0.1) is 11.7 Å². The first-order chi connectivity index (χ1) is 14.1. The van der Waals surface area contributed by atoms with Gasteiger partial charge in [-0.25, -0.2) is 4.39 Å². The summed E-state index contributed by atoms with van der Waals surface area (Å²) in [6, 6.07) is 14.3. The minimum atomic E-state index is -1.13. The van der Waals surface area contributed by atoms with E-state index < -0.39 is 4.87 Å². The van der Waals surface area contributed by atoms with Crippen molar-refractivity contribution in [2.45, 2.75) is 37.1 Å². The fourth-order valence-corrected chi connectivity index (χ4v) is 6.38. The van der Waals surface area contributed by atoms with E-state index in [0.29, 0.717) is 30.1 Å². The van der Waals surface area contributed by atoms with Gasteiger partial charge in [-0.05, 0) is 36.6 Å². The van der Waals surface area contributed by atoms with Gasteiger partial charge in [-0.1, -0.05) is 43.2 Å². The van der Waals surface area contributed by atoms with Crippen molar-refractivity contribution in [1.29, 1.82) is 0 Å². The number of hydrogen-bond acceptors (Lipinski definition) is 3. The lowest BCUT2D eigenvalue weighted by molar-refractivity contribution is -0.143. The Bertz CT molecular complexity index is 961. The largest absolute Gasteiger partial charge is 0.315 e. The minimum Gasteiger partial charge on any atom is -0.315 e. The monoisotopic (exact) mass is 410 g/mol. The summed E-state index contributed by atoms with van der Waals surface area (Å²) in [5, 5.41) is 0. The molecule has 2 aliphatic heterocycles. The molecule has 0 radical (unpaired) electrons. The maximum atomic E-state index is 14.3. The fraction of sp³-hybridized carbons (Fsp3) is 0.391. The molecule has 3 aliphatic rings. The number of benzene rings is 2. The number of carbonyl (C=O) groups excluding carboxylic acids is 2. The van der Waals surface area contributed by atoms with Gasteiger partial charge >= 0.3 is 0 Å². The predicted molar refractivity (Wildman–Crippen MR) is 112 cm³/mol. The van der Waals surface area contributed by atoms with Crippen molar-refractivity contribution in [1.82, 2.24) is 4.90 Å². The summed E-state index contributed by atoms with van der Waals surface area (Å²) in [5.41, 5.74) is 2.33. The van der Waals surface area contributed by atoms with Gasteiger partial charge in [0, 0.05) is 23.8 Å². The van der Waals surface area contributed by atoms with Crippen LogP contribution in [0.5, 0.6) is 0 Å². The Morgan fingerprint density at radius 1 is 1.14 bits per heavy atom. The van der Waals surface area contributed by atoms with E-state index in [1.807, 2.05) is 30.3 Å². The summed E-state index contributed by atoms with van der Waals surface area (Å²) >= 11 is 1.47. The number of thioether (sulfide) groups is 1. The Kier molecular flexibility index (Phi) is 4.62. The summed E-state index contributed by atoms with van der Waals surface area (Å²) < 4.78 is 14.3. The molecule has 4 nitrogen and oxygen atoms in total. The van der Waals surface area contributed by atoms with Gasteiger partial charge < -0.3 is 9.80 Å². The van der Waals surface area contributed by atoms with Crippen molar-refractivity contribution >= 4 is 29.3 Å². The number of rotatable bonds is 3. The topological polar surface area (TPSA) is 40.6 Å². The smallest absolute Gasteiger partial charge is 0.268 e. The highest BCUT2D eigenvalue weighted by Crippen LogP contribution is 2.55. The Labute approximate surface area is 174 Å². The first kappa shape index (κ1) is 18.7. The molecule has 5 rings (SSSR count). The molecule has 2 heterocycles. The van der Waals surface area contributed by atoms with Gasteiger partial charge in [0.05, 0.1) is 12.2 Å². The van der Waals surface area contributed by atoms with Crippen molar-refractivity contribution in [3.8, 4) is 0 Å². The maximum absolute atomic E-state index is 14.3. The Balaban J connectivity index is 1.58. The molecule has 2 aromatic carbocycles. The molecule has 1 spiro atoms. The van der Waals surface area contributed by atoms with E-state index in [1.165, 1.54) is 23.9 Å². The van der Waals surface area contributed by atoms with Crippen molar-refractivity contribution in [3.05, 3.63) is 65.5 Å². The second-order valence-electron chi connectivity index (χ2n) is 8.00. The molecule has 2 aromatic rings. The van der Waals surface area contributed by atoms with Crippen LogP contribution in [0.15, 0.2) is 48.5 Å². The van der Waals surface area contributed by atoms with Crippen LogP contribution in [0.2, 0.25) is 0 Å². The Morgan fingerprint density at radius 3 is 2.66 bits per heavy atom. The second kappa shape index (κ2) is 7.17. The van der Waals surface area contributed by atoms with Crippen LogP contribution < -0.4 is 4.90 Å². The lowest BCUT2D eigenvalue weighted by Gasteiger charge is -2.34. The Morgan fingerprint density at radius 2 is 1.90 bits per heavy atom. The van der Waals surface area contributed by atoms with E-state index in [9.17, 15) is 14.0 Å². The molecule has 2 fully saturated rings. The molecule has 0 bridgehead atoms. The summed E-state index contributed by atoms with van der Waals surface area (Å²) in [4.78, 5) is 29.5. The first-order valence-corrected chi connectivity index (χ1v) is 11.2. The molecule has 0 N–H and O–H groups in total. The maximum Gasteiger partial charge on any atom is 0.268 e. The highest BCUT2D eigenvalue weighted by molar-refractivity contribution is 8.01. The molecular formula is C23H23FN2O2S. The molecule has 1 aliphatic carbocycles. The second-order valence-corrected chi connectivity index (χ2v) is 9.29. The van der Waals surface area contributed by atoms with Gasteiger partial charge in [0.1, 0.15) is 5.82 Å². The van der Waals surface area contributed by atoms with Crippen molar-refractivity contribution < 1.29 is 14.0 Å². The van der Waals surface area contributed by atoms with Crippen LogP contribution in [-0.2, 0) is 21.0 Å².